The lowest BCUT2D eigenvalue weighted by atomic mass is 9.73. The Morgan fingerprint density at radius 3 is 2.03 bits per heavy atom. The standard InChI is InChI=1S/C33H36N2O3/c1-7-32(8-2)23-15-11-13-17-25(23)34(5)27(32)19-21-29(36)22(31(38)30(21)37)20-28-33(9-3,10-4)24-16-12-14-18-26(24)35(28)6/h11-20H,7-10H2,1-6H3/p+1. The first-order valence-electron chi connectivity index (χ1n) is 13.7. The monoisotopic (exact) mass is 509 g/mol. The number of aliphatic hydroxyl groups excluding tert-OH is 1. The zero-order valence-electron chi connectivity index (χ0n) is 23.3. The Morgan fingerprint density at radius 1 is 0.816 bits per heavy atom. The van der Waals surface area contributed by atoms with Gasteiger partial charge in [-0.1, -0.05) is 64.1 Å². The van der Waals surface area contributed by atoms with E-state index in [-0.39, 0.29) is 27.7 Å². The SMILES string of the molecule is CCC1(CC)C(/C=C2\C(=O)C(=O)C(/C=C3\N(C)c4ccccc4C3(CC)CC)=C2O)=[N+](C)c2ccccc21. The number of para-hydroxylation sites is 2. The van der Waals surface area contributed by atoms with Gasteiger partial charge < -0.3 is 10.0 Å². The molecule has 0 fully saturated rings. The van der Waals surface area contributed by atoms with Crippen LogP contribution in [-0.2, 0) is 20.4 Å². The summed E-state index contributed by atoms with van der Waals surface area (Å²) in [6.45, 7) is 8.59. The maximum absolute atomic E-state index is 13.4. The molecule has 5 heteroatoms. The molecule has 2 heterocycles. The number of allylic oxidation sites excluding steroid dienone is 5. The maximum atomic E-state index is 13.4. The largest absolute Gasteiger partial charge is 0.506 e. The molecule has 3 aliphatic rings. The van der Waals surface area contributed by atoms with Crippen LogP contribution in [0.1, 0.15) is 64.5 Å². The molecule has 0 saturated carbocycles. The fraction of sp³-hybridized carbons (Fsp3) is 0.364. The summed E-state index contributed by atoms with van der Waals surface area (Å²) in [5.41, 5.74) is 6.04. The van der Waals surface area contributed by atoms with Gasteiger partial charge in [-0.3, -0.25) is 9.59 Å². The molecule has 0 radical (unpaired) electrons. The van der Waals surface area contributed by atoms with Crippen molar-refractivity contribution in [1.82, 2.24) is 0 Å². The number of hydrogen-bond acceptors (Lipinski definition) is 4. The summed E-state index contributed by atoms with van der Waals surface area (Å²) >= 11 is 0. The summed E-state index contributed by atoms with van der Waals surface area (Å²) in [6.07, 6.45) is 6.87. The molecule has 1 N–H and O–H groups in total. The molecule has 0 aromatic heterocycles. The van der Waals surface area contributed by atoms with E-state index in [0.717, 1.165) is 48.5 Å². The lowest BCUT2D eigenvalue weighted by Gasteiger charge is -2.31. The van der Waals surface area contributed by atoms with Crippen molar-refractivity contribution >= 4 is 28.7 Å². The van der Waals surface area contributed by atoms with Crippen molar-refractivity contribution in [3.05, 3.63) is 94.4 Å². The van der Waals surface area contributed by atoms with Gasteiger partial charge in [0.05, 0.1) is 16.6 Å². The Labute approximate surface area is 225 Å². The second-order valence-corrected chi connectivity index (χ2v) is 10.6. The highest BCUT2D eigenvalue weighted by Crippen LogP contribution is 2.52. The highest BCUT2D eigenvalue weighted by molar-refractivity contribution is 6.54. The molecule has 0 bridgehead atoms. The average Bonchev–Trinajstić information content (AvgIpc) is 3.42. The molecule has 38 heavy (non-hydrogen) atoms. The molecule has 5 rings (SSSR count). The number of benzene rings is 2. The van der Waals surface area contributed by atoms with E-state index < -0.39 is 11.6 Å². The maximum Gasteiger partial charge on any atom is 0.237 e. The minimum atomic E-state index is -0.649. The van der Waals surface area contributed by atoms with Crippen molar-refractivity contribution in [3.63, 3.8) is 0 Å². The highest BCUT2D eigenvalue weighted by atomic mass is 16.3. The van der Waals surface area contributed by atoms with Crippen LogP contribution in [0.5, 0.6) is 0 Å². The van der Waals surface area contributed by atoms with E-state index in [1.807, 2.05) is 38.4 Å². The number of rotatable bonds is 6. The number of aliphatic hydroxyl groups is 1. The fourth-order valence-corrected chi connectivity index (χ4v) is 7.12. The number of ketones is 2. The third kappa shape index (κ3) is 3.27. The van der Waals surface area contributed by atoms with Crippen LogP contribution in [-0.4, -0.2) is 41.1 Å². The van der Waals surface area contributed by atoms with Gasteiger partial charge in [0.15, 0.2) is 5.71 Å². The van der Waals surface area contributed by atoms with Crippen LogP contribution in [0.3, 0.4) is 0 Å². The lowest BCUT2D eigenvalue weighted by molar-refractivity contribution is -0.401. The molecule has 196 valence electrons. The van der Waals surface area contributed by atoms with E-state index >= 15 is 0 Å². The molecule has 0 atom stereocenters. The van der Waals surface area contributed by atoms with Gasteiger partial charge in [-0.05, 0) is 43.4 Å². The summed E-state index contributed by atoms with van der Waals surface area (Å²) in [5.74, 6) is -1.52. The average molecular weight is 510 g/mol. The molecule has 5 nitrogen and oxygen atoms in total. The van der Waals surface area contributed by atoms with Gasteiger partial charge >= 0.3 is 0 Å². The highest BCUT2D eigenvalue weighted by Gasteiger charge is 2.50. The normalized spacial score (nSPS) is 21.8. The van der Waals surface area contributed by atoms with Gasteiger partial charge in [0.2, 0.25) is 17.3 Å². The van der Waals surface area contributed by atoms with Crippen LogP contribution < -0.4 is 4.90 Å². The Kier molecular flexibility index (Phi) is 6.29. The first kappa shape index (κ1) is 25.9. The number of likely N-dealkylation sites (N-methyl/N-ethyl adjacent to an activating group) is 1. The van der Waals surface area contributed by atoms with Crippen molar-refractivity contribution in [3.8, 4) is 0 Å². The Bertz CT molecular complexity index is 1480. The minimum Gasteiger partial charge on any atom is -0.506 e. The van der Waals surface area contributed by atoms with Crippen LogP contribution in [0.25, 0.3) is 0 Å². The molecular weight excluding hydrogens is 472 g/mol. The number of nitrogens with zero attached hydrogens (tertiary/aromatic N) is 2. The van der Waals surface area contributed by atoms with Crippen molar-refractivity contribution in [2.24, 2.45) is 0 Å². The number of carbonyl (C=O) groups is 2. The van der Waals surface area contributed by atoms with E-state index in [9.17, 15) is 14.7 Å². The summed E-state index contributed by atoms with van der Waals surface area (Å²) in [5, 5.41) is 11.4. The number of hydrogen-bond donors (Lipinski definition) is 1. The van der Waals surface area contributed by atoms with Crippen LogP contribution in [0.15, 0.2) is 83.3 Å². The van der Waals surface area contributed by atoms with Crippen LogP contribution in [0.4, 0.5) is 11.4 Å². The Morgan fingerprint density at radius 2 is 1.39 bits per heavy atom. The third-order valence-electron chi connectivity index (χ3n) is 9.45. The Hall–Kier alpha value is -3.73. The van der Waals surface area contributed by atoms with Gasteiger partial charge in [0.25, 0.3) is 0 Å². The van der Waals surface area contributed by atoms with Crippen LogP contribution in [0.2, 0.25) is 0 Å². The number of Topliss-reactive ketones (excluding diaryl/α,β-unsaturated/α-hetero) is 2. The first-order valence-corrected chi connectivity index (χ1v) is 13.7. The molecular formula is C33H37N2O3+. The minimum absolute atomic E-state index is 0.0829. The van der Waals surface area contributed by atoms with Crippen LogP contribution >= 0.6 is 0 Å². The molecule has 2 aromatic carbocycles. The van der Waals surface area contributed by atoms with Gasteiger partial charge in [-0.25, -0.2) is 0 Å². The topological polar surface area (TPSA) is 60.6 Å². The smallest absolute Gasteiger partial charge is 0.237 e. The Balaban J connectivity index is 1.67. The van der Waals surface area contributed by atoms with Gasteiger partial charge in [0.1, 0.15) is 12.8 Å². The second-order valence-electron chi connectivity index (χ2n) is 10.6. The predicted molar refractivity (Wildman–Crippen MR) is 152 cm³/mol. The van der Waals surface area contributed by atoms with E-state index in [1.54, 1.807) is 12.2 Å². The second kappa shape index (κ2) is 9.23. The molecule has 0 saturated heterocycles. The summed E-state index contributed by atoms with van der Waals surface area (Å²) in [6, 6.07) is 16.5. The molecule has 1 aliphatic carbocycles. The fourth-order valence-electron chi connectivity index (χ4n) is 7.12. The van der Waals surface area contributed by atoms with Crippen molar-refractivity contribution in [2.45, 2.75) is 64.2 Å². The van der Waals surface area contributed by atoms with E-state index in [4.69, 9.17) is 0 Å². The zero-order chi connectivity index (χ0) is 27.4. The first-order chi connectivity index (χ1) is 18.2. The van der Waals surface area contributed by atoms with Crippen molar-refractivity contribution < 1.29 is 19.3 Å². The number of fused-ring (bicyclic) bond motifs is 2. The summed E-state index contributed by atoms with van der Waals surface area (Å²) < 4.78 is 2.09. The molecule has 2 aliphatic heterocycles. The zero-order valence-corrected chi connectivity index (χ0v) is 23.3. The summed E-state index contributed by atoms with van der Waals surface area (Å²) in [7, 11) is 3.98. The van der Waals surface area contributed by atoms with Crippen molar-refractivity contribution in [2.75, 3.05) is 19.0 Å². The molecule has 0 spiro atoms. The summed E-state index contributed by atoms with van der Waals surface area (Å²) in [4.78, 5) is 28.8. The van der Waals surface area contributed by atoms with E-state index in [2.05, 4.69) is 61.4 Å². The van der Waals surface area contributed by atoms with E-state index in [0.29, 0.717) is 0 Å². The number of carbonyl (C=O) groups excluding carboxylic acids is 2. The third-order valence-corrected chi connectivity index (χ3v) is 9.45. The van der Waals surface area contributed by atoms with Crippen LogP contribution in [0, 0.1) is 0 Å². The van der Waals surface area contributed by atoms with Gasteiger partial charge in [-0.15, -0.1) is 0 Å². The lowest BCUT2D eigenvalue weighted by Crippen LogP contribution is -2.33. The van der Waals surface area contributed by atoms with Gasteiger partial charge in [0, 0.05) is 41.6 Å². The van der Waals surface area contributed by atoms with Gasteiger partial charge in [-0.2, -0.15) is 4.58 Å². The molecule has 0 amide bonds. The molecule has 2 aromatic rings. The quantitative estimate of drug-likeness (QED) is 0.276. The predicted octanol–water partition coefficient (Wildman–Crippen LogP) is 6.45. The number of anilines is 1. The van der Waals surface area contributed by atoms with E-state index in [1.165, 1.54) is 11.1 Å². The molecule has 0 unspecified atom stereocenters. The van der Waals surface area contributed by atoms with Crippen molar-refractivity contribution in [1.29, 1.82) is 0 Å².